The second kappa shape index (κ2) is 9.12. The molecule has 1 aromatic rings. The molecule has 3 atom stereocenters. The van der Waals surface area contributed by atoms with Crippen LogP contribution in [0.15, 0.2) is 12.5 Å². The van der Waals surface area contributed by atoms with Crippen molar-refractivity contribution in [3.63, 3.8) is 0 Å². The van der Waals surface area contributed by atoms with E-state index in [2.05, 4.69) is 20.6 Å². The number of aromatic nitrogens is 2. The summed E-state index contributed by atoms with van der Waals surface area (Å²) in [7, 11) is 0. The van der Waals surface area contributed by atoms with Crippen LogP contribution in [0.5, 0.6) is 0 Å². The summed E-state index contributed by atoms with van der Waals surface area (Å²) >= 11 is 0. The van der Waals surface area contributed by atoms with E-state index in [1.807, 2.05) is 0 Å². The topological polar surface area (TPSA) is 171 Å². The van der Waals surface area contributed by atoms with Crippen molar-refractivity contribution in [2.45, 2.75) is 44.3 Å². The number of hydrogen-bond donors (Lipinski definition) is 5. The molecular formula is C16H24N6O5. The highest BCUT2D eigenvalue weighted by atomic mass is 16.4. The number of carbonyl (C=O) groups excluding carboxylic acids is 3. The van der Waals surface area contributed by atoms with Crippen LogP contribution in [-0.2, 0) is 25.6 Å². The van der Waals surface area contributed by atoms with Gasteiger partial charge in [-0.15, -0.1) is 0 Å². The molecule has 3 amide bonds. The molecular weight excluding hydrogens is 356 g/mol. The molecule has 0 radical (unpaired) electrons. The zero-order valence-corrected chi connectivity index (χ0v) is 15.0. The number of carboxylic acids is 1. The molecule has 1 aromatic heterocycles. The van der Waals surface area contributed by atoms with E-state index in [0.717, 1.165) is 5.69 Å². The fourth-order valence-corrected chi connectivity index (χ4v) is 2.88. The van der Waals surface area contributed by atoms with Gasteiger partial charge in [0.15, 0.2) is 0 Å². The zero-order chi connectivity index (χ0) is 20.0. The summed E-state index contributed by atoms with van der Waals surface area (Å²) in [6.45, 7) is 1.37. The van der Waals surface area contributed by atoms with Crippen molar-refractivity contribution in [1.82, 2.24) is 25.5 Å². The predicted molar refractivity (Wildman–Crippen MR) is 93.3 cm³/mol. The number of nitrogens with two attached hydrogens (primary N) is 1. The van der Waals surface area contributed by atoms with Gasteiger partial charge in [0, 0.05) is 24.9 Å². The summed E-state index contributed by atoms with van der Waals surface area (Å²) in [6, 6.07) is -2.56. The number of carbonyl (C=O) groups is 4. The van der Waals surface area contributed by atoms with Crippen LogP contribution in [0.3, 0.4) is 0 Å². The molecule has 0 aliphatic carbocycles. The van der Waals surface area contributed by atoms with Crippen molar-refractivity contribution in [2.75, 3.05) is 13.1 Å². The van der Waals surface area contributed by atoms with Crippen molar-refractivity contribution in [2.24, 2.45) is 5.73 Å². The molecule has 11 heteroatoms. The fraction of sp³-hybridized carbons (Fsp3) is 0.562. The van der Waals surface area contributed by atoms with Crippen LogP contribution in [0.2, 0.25) is 0 Å². The molecule has 1 fully saturated rings. The number of nitrogens with zero attached hydrogens (tertiary/aromatic N) is 2. The monoisotopic (exact) mass is 380 g/mol. The Balaban J connectivity index is 1.86. The van der Waals surface area contributed by atoms with Gasteiger partial charge in [-0.3, -0.25) is 19.2 Å². The summed E-state index contributed by atoms with van der Waals surface area (Å²) in [5.41, 5.74) is 6.69. The quantitative estimate of drug-likeness (QED) is 0.346. The third-order valence-corrected chi connectivity index (χ3v) is 4.32. The number of imidazole rings is 1. The van der Waals surface area contributed by atoms with E-state index in [1.54, 1.807) is 6.20 Å². The number of amides is 3. The second-order valence-corrected chi connectivity index (χ2v) is 6.42. The lowest BCUT2D eigenvalue weighted by molar-refractivity contribution is -0.141. The Bertz CT molecular complexity index is 691. The Kier molecular flexibility index (Phi) is 6.88. The van der Waals surface area contributed by atoms with E-state index in [-0.39, 0.29) is 18.9 Å². The van der Waals surface area contributed by atoms with Crippen LogP contribution in [0, 0.1) is 0 Å². The first-order valence-electron chi connectivity index (χ1n) is 8.62. The molecule has 3 unspecified atom stereocenters. The lowest BCUT2D eigenvalue weighted by Gasteiger charge is -2.26. The third kappa shape index (κ3) is 5.51. The molecule has 148 valence electrons. The normalized spacial score (nSPS) is 18.6. The van der Waals surface area contributed by atoms with Crippen molar-refractivity contribution < 1.29 is 24.3 Å². The molecule has 1 aliphatic heterocycles. The maximum absolute atomic E-state index is 12.6. The van der Waals surface area contributed by atoms with Crippen LogP contribution in [0.4, 0.5) is 0 Å². The minimum absolute atomic E-state index is 0.277. The van der Waals surface area contributed by atoms with Gasteiger partial charge in [0.25, 0.3) is 0 Å². The molecule has 1 saturated heterocycles. The van der Waals surface area contributed by atoms with Gasteiger partial charge in [-0.25, -0.2) is 4.98 Å². The molecule has 0 bridgehead atoms. The minimum atomic E-state index is -1.17. The summed E-state index contributed by atoms with van der Waals surface area (Å²) < 4.78 is 0. The van der Waals surface area contributed by atoms with Crippen LogP contribution >= 0.6 is 0 Å². The van der Waals surface area contributed by atoms with E-state index >= 15 is 0 Å². The molecule has 0 aromatic carbocycles. The Morgan fingerprint density at radius 3 is 2.81 bits per heavy atom. The van der Waals surface area contributed by atoms with Crippen molar-refractivity contribution in [3.05, 3.63) is 18.2 Å². The van der Waals surface area contributed by atoms with E-state index in [4.69, 9.17) is 10.8 Å². The number of aliphatic carboxylic acids is 1. The largest absolute Gasteiger partial charge is 0.480 e. The Hall–Kier alpha value is -2.95. The van der Waals surface area contributed by atoms with Gasteiger partial charge in [-0.05, 0) is 19.8 Å². The van der Waals surface area contributed by atoms with E-state index in [0.29, 0.717) is 19.4 Å². The van der Waals surface area contributed by atoms with Gasteiger partial charge in [-0.1, -0.05) is 0 Å². The van der Waals surface area contributed by atoms with Gasteiger partial charge in [0.2, 0.25) is 17.7 Å². The number of rotatable bonds is 8. The van der Waals surface area contributed by atoms with Gasteiger partial charge in [-0.2, -0.15) is 0 Å². The van der Waals surface area contributed by atoms with E-state index in [9.17, 15) is 19.2 Å². The molecule has 0 spiro atoms. The van der Waals surface area contributed by atoms with Crippen molar-refractivity contribution >= 4 is 23.7 Å². The van der Waals surface area contributed by atoms with Crippen molar-refractivity contribution in [1.29, 1.82) is 0 Å². The number of aromatic amines is 1. The Morgan fingerprint density at radius 1 is 1.44 bits per heavy atom. The lowest BCUT2D eigenvalue weighted by atomic mass is 10.1. The molecule has 6 N–H and O–H groups in total. The maximum atomic E-state index is 12.6. The van der Waals surface area contributed by atoms with Gasteiger partial charge in [0.1, 0.15) is 12.1 Å². The van der Waals surface area contributed by atoms with Crippen LogP contribution < -0.4 is 16.4 Å². The maximum Gasteiger partial charge on any atom is 0.325 e. The molecule has 0 saturated carbocycles. The van der Waals surface area contributed by atoms with Crippen molar-refractivity contribution in [3.8, 4) is 0 Å². The summed E-state index contributed by atoms with van der Waals surface area (Å²) in [4.78, 5) is 55.5. The van der Waals surface area contributed by atoms with Gasteiger partial charge < -0.3 is 31.4 Å². The average molecular weight is 380 g/mol. The summed E-state index contributed by atoms with van der Waals surface area (Å²) in [5.74, 6) is -2.60. The highest BCUT2D eigenvalue weighted by molar-refractivity contribution is 5.93. The summed E-state index contributed by atoms with van der Waals surface area (Å²) in [6.07, 6.45) is 4.48. The molecule has 27 heavy (non-hydrogen) atoms. The predicted octanol–water partition coefficient (Wildman–Crippen LogP) is -2.02. The Morgan fingerprint density at radius 2 is 2.19 bits per heavy atom. The summed E-state index contributed by atoms with van der Waals surface area (Å²) in [5, 5.41) is 13.4. The third-order valence-electron chi connectivity index (χ3n) is 4.32. The van der Waals surface area contributed by atoms with Crippen LogP contribution in [0.25, 0.3) is 0 Å². The van der Waals surface area contributed by atoms with E-state index < -0.39 is 35.9 Å². The molecule has 2 heterocycles. The first kappa shape index (κ1) is 20.4. The number of carboxylic acid groups (broad SMARTS) is 1. The first-order valence-corrected chi connectivity index (χ1v) is 8.62. The highest BCUT2D eigenvalue weighted by Gasteiger charge is 2.36. The smallest absolute Gasteiger partial charge is 0.325 e. The molecule has 2 rings (SSSR count). The first-order chi connectivity index (χ1) is 12.8. The van der Waals surface area contributed by atoms with E-state index in [1.165, 1.54) is 18.2 Å². The van der Waals surface area contributed by atoms with Crippen LogP contribution in [-0.4, -0.2) is 74.9 Å². The SMILES string of the molecule is CC(NC(=O)CNC(=O)C1CCCN1C(=O)C(N)Cc1cnc[nH]1)C(=O)O. The highest BCUT2D eigenvalue weighted by Crippen LogP contribution is 2.18. The molecule has 1 aliphatic rings. The zero-order valence-electron chi connectivity index (χ0n) is 15.0. The fourth-order valence-electron chi connectivity index (χ4n) is 2.88. The standard InChI is InChI=1S/C16H24N6O5/c1-9(16(26)27)21-13(23)7-19-14(24)12-3-2-4-22(12)15(25)11(17)5-10-6-18-8-20-10/h6,8-9,11-12H,2-5,7,17H2,1H3,(H,18,20)(H,19,24)(H,21,23)(H,26,27). The second-order valence-electron chi connectivity index (χ2n) is 6.42. The number of nitrogens with one attached hydrogen (secondary N) is 3. The number of hydrogen-bond acceptors (Lipinski definition) is 6. The molecule has 11 nitrogen and oxygen atoms in total. The minimum Gasteiger partial charge on any atom is -0.480 e. The number of likely N-dealkylation sites (tertiary alicyclic amines) is 1. The number of H-pyrrole nitrogens is 1. The average Bonchev–Trinajstić information content (AvgIpc) is 3.30. The Labute approximate surface area is 155 Å². The lowest BCUT2D eigenvalue weighted by Crippen LogP contribution is -2.53. The van der Waals surface area contributed by atoms with Gasteiger partial charge in [0.05, 0.1) is 18.9 Å². The van der Waals surface area contributed by atoms with Crippen LogP contribution in [0.1, 0.15) is 25.5 Å². The van der Waals surface area contributed by atoms with Gasteiger partial charge >= 0.3 is 5.97 Å².